The molecule has 0 unspecified atom stereocenters. The largest absolute Gasteiger partial charge is 0.573 e. The number of carboxylic acids is 1. The van der Waals surface area contributed by atoms with Crippen molar-refractivity contribution >= 4 is 34.8 Å². The maximum atomic E-state index is 13.4. The van der Waals surface area contributed by atoms with Crippen LogP contribution in [0.2, 0.25) is 5.02 Å². The number of halogens is 5. The summed E-state index contributed by atoms with van der Waals surface area (Å²) in [4.78, 5) is 11.7. The Balaban J connectivity index is 1.61. The Labute approximate surface area is 241 Å². The summed E-state index contributed by atoms with van der Waals surface area (Å²) in [6.45, 7) is -0.284. The molecule has 41 heavy (non-hydrogen) atoms. The summed E-state index contributed by atoms with van der Waals surface area (Å²) >= 11 is 6.55. The molecule has 0 amide bonds. The number of aryl methyl sites for hydroxylation is 1. The SMILES string of the molecule is O=C(O)c1ccc2c(c1)CCCC(c1c(Cl)cccc1OC(F)(F)F)=C2c1ccc(C=C2CC(CCCF)C2)cc1. The lowest BCUT2D eigenvalue weighted by Crippen LogP contribution is -2.18. The molecule has 2 aliphatic rings. The molecule has 0 bridgehead atoms. The standard InChI is InChI=1S/C33H29ClF4O3/c34-28-7-2-8-29(41-33(36,37)38)31(28)27-6-1-5-24-19-25(32(39)40)13-14-26(24)30(27)23-11-9-20(10-12-23)16-22-17-21(18-22)4-3-15-35/h2,7-14,16,19,21H,1,3-6,15,17-18H2,(H,39,40). The molecule has 0 spiro atoms. The van der Waals surface area contributed by atoms with Crippen LogP contribution in [0.3, 0.4) is 0 Å². The molecular weight excluding hydrogens is 556 g/mol. The molecule has 3 aromatic carbocycles. The predicted molar refractivity (Wildman–Crippen MR) is 153 cm³/mol. The molecule has 0 atom stereocenters. The first-order valence-electron chi connectivity index (χ1n) is 13.6. The fourth-order valence-corrected chi connectivity index (χ4v) is 6.14. The van der Waals surface area contributed by atoms with Gasteiger partial charge in [-0.3, -0.25) is 4.39 Å². The highest BCUT2D eigenvalue weighted by Gasteiger charge is 2.34. The molecule has 3 nitrogen and oxygen atoms in total. The van der Waals surface area contributed by atoms with Gasteiger partial charge in [-0.15, -0.1) is 13.2 Å². The van der Waals surface area contributed by atoms with Gasteiger partial charge in [-0.25, -0.2) is 4.79 Å². The number of hydrogen-bond acceptors (Lipinski definition) is 2. The number of allylic oxidation sites excluding steroid dienone is 2. The van der Waals surface area contributed by atoms with Crippen LogP contribution < -0.4 is 4.74 Å². The second-order valence-corrected chi connectivity index (χ2v) is 11.0. The molecule has 0 aromatic heterocycles. The number of aromatic carboxylic acids is 1. The van der Waals surface area contributed by atoms with Gasteiger partial charge in [-0.1, -0.05) is 59.6 Å². The molecular formula is C33H29ClF4O3. The molecule has 1 N–H and O–H groups in total. The summed E-state index contributed by atoms with van der Waals surface area (Å²) in [5, 5.41) is 9.70. The van der Waals surface area contributed by atoms with Crippen LogP contribution in [-0.4, -0.2) is 24.1 Å². The van der Waals surface area contributed by atoms with Gasteiger partial charge in [0.1, 0.15) is 5.75 Å². The van der Waals surface area contributed by atoms with Gasteiger partial charge in [0.2, 0.25) is 0 Å². The number of fused-ring (bicyclic) bond motifs is 1. The monoisotopic (exact) mass is 584 g/mol. The Kier molecular flexibility index (Phi) is 8.55. The average molecular weight is 585 g/mol. The van der Waals surface area contributed by atoms with Gasteiger partial charge in [0.25, 0.3) is 0 Å². The topological polar surface area (TPSA) is 46.5 Å². The van der Waals surface area contributed by atoms with Gasteiger partial charge < -0.3 is 9.84 Å². The first-order valence-corrected chi connectivity index (χ1v) is 14.0. The highest BCUT2D eigenvalue weighted by molar-refractivity contribution is 6.33. The van der Waals surface area contributed by atoms with Gasteiger partial charge in [0.05, 0.1) is 17.3 Å². The third-order valence-electron chi connectivity index (χ3n) is 7.72. The lowest BCUT2D eigenvalue weighted by atomic mass is 9.77. The van der Waals surface area contributed by atoms with E-state index in [1.165, 1.54) is 23.8 Å². The Morgan fingerprint density at radius 3 is 2.49 bits per heavy atom. The summed E-state index contributed by atoms with van der Waals surface area (Å²) in [7, 11) is 0. The van der Waals surface area contributed by atoms with E-state index in [9.17, 15) is 27.5 Å². The van der Waals surface area contributed by atoms with Crippen LogP contribution in [0.5, 0.6) is 5.75 Å². The predicted octanol–water partition coefficient (Wildman–Crippen LogP) is 9.78. The Hall–Kier alpha value is -3.58. The van der Waals surface area contributed by atoms with Crippen molar-refractivity contribution in [2.75, 3.05) is 6.67 Å². The molecule has 3 aromatic rings. The first kappa shape index (κ1) is 28.9. The van der Waals surface area contributed by atoms with Crippen LogP contribution in [0.15, 0.2) is 66.2 Å². The third-order valence-corrected chi connectivity index (χ3v) is 8.03. The molecule has 0 saturated heterocycles. The van der Waals surface area contributed by atoms with Gasteiger partial charge >= 0.3 is 12.3 Å². The molecule has 0 heterocycles. The highest BCUT2D eigenvalue weighted by atomic mass is 35.5. The van der Waals surface area contributed by atoms with Crippen LogP contribution in [0.25, 0.3) is 17.2 Å². The van der Waals surface area contributed by atoms with Crippen molar-refractivity contribution in [3.05, 3.63) is 105 Å². The Morgan fingerprint density at radius 2 is 1.80 bits per heavy atom. The van der Waals surface area contributed by atoms with E-state index in [1.807, 2.05) is 24.3 Å². The maximum Gasteiger partial charge on any atom is 0.573 e. The average Bonchev–Trinajstić information content (AvgIpc) is 3.08. The third kappa shape index (κ3) is 6.67. The Morgan fingerprint density at radius 1 is 1.05 bits per heavy atom. The summed E-state index contributed by atoms with van der Waals surface area (Å²) in [5.74, 6) is -0.891. The molecule has 1 saturated carbocycles. The van der Waals surface area contributed by atoms with Crippen LogP contribution in [0, 0.1) is 5.92 Å². The van der Waals surface area contributed by atoms with Crippen LogP contribution >= 0.6 is 11.6 Å². The molecule has 5 rings (SSSR count). The van der Waals surface area contributed by atoms with Gasteiger partial charge in [0, 0.05) is 5.56 Å². The first-order chi connectivity index (χ1) is 19.6. The maximum absolute atomic E-state index is 13.4. The molecule has 8 heteroatoms. The number of benzene rings is 3. The lowest BCUT2D eigenvalue weighted by molar-refractivity contribution is -0.274. The zero-order valence-corrected chi connectivity index (χ0v) is 23.0. The molecule has 0 aliphatic heterocycles. The van der Waals surface area contributed by atoms with Gasteiger partial charge in [0.15, 0.2) is 0 Å². The van der Waals surface area contributed by atoms with E-state index in [2.05, 4.69) is 10.8 Å². The number of hydrogen-bond donors (Lipinski definition) is 1. The van der Waals surface area contributed by atoms with Gasteiger partial charge in [-0.2, -0.15) is 0 Å². The van der Waals surface area contributed by atoms with Crippen molar-refractivity contribution < 1.29 is 32.2 Å². The van der Waals surface area contributed by atoms with Crippen LogP contribution in [-0.2, 0) is 6.42 Å². The number of alkyl halides is 4. The van der Waals surface area contributed by atoms with E-state index in [0.717, 1.165) is 41.5 Å². The number of carboxylic acid groups (broad SMARTS) is 1. The zero-order valence-electron chi connectivity index (χ0n) is 22.2. The Bertz CT molecular complexity index is 1500. The minimum absolute atomic E-state index is 0.138. The molecule has 1 fully saturated rings. The van der Waals surface area contributed by atoms with Gasteiger partial charge in [-0.05, 0) is 109 Å². The number of ether oxygens (including phenoxy) is 1. The quantitative estimate of drug-likeness (QED) is 0.268. The van der Waals surface area contributed by atoms with E-state index < -0.39 is 12.3 Å². The second-order valence-electron chi connectivity index (χ2n) is 10.6. The van der Waals surface area contributed by atoms with E-state index in [1.54, 1.807) is 18.2 Å². The normalized spacial score (nSPS) is 17.0. The van der Waals surface area contributed by atoms with E-state index >= 15 is 0 Å². The minimum Gasteiger partial charge on any atom is -0.478 e. The second kappa shape index (κ2) is 12.1. The fraction of sp³-hybridized carbons (Fsp3) is 0.303. The van der Waals surface area contributed by atoms with Crippen molar-refractivity contribution in [3.63, 3.8) is 0 Å². The summed E-state index contributed by atoms with van der Waals surface area (Å²) in [5.41, 5.74) is 6.29. The van der Waals surface area contributed by atoms with Crippen molar-refractivity contribution in [2.24, 2.45) is 5.92 Å². The number of carbonyl (C=O) groups is 1. The van der Waals surface area contributed by atoms with E-state index in [4.69, 9.17) is 11.6 Å². The number of rotatable bonds is 8. The van der Waals surface area contributed by atoms with Crippen LogP contribution in [0.1, 0.15) is 76.7 Å². The highest BCUT2D eigenvalue weighted by Crippen LogP contribution is 2.46. The van der Waals surface area contributed by atoms with Crippen molar-refractivity contribution in [1.29, 1.82) is 0 Å². The van der Waals surface area contributed by atoms with E-state index in [0.29, 0.717) is 42.7 Å². The molecule has 0 radical (unpaired) electrons. The summed E-state index contributed by atoms with van der Waals surface area (Å²) < 4.78 is 57.1. The van der Waals surface area contributed by atoms with E-state index in [-0.39, 0.29) is 28.6 Å². The zero-order chi connectivity index (χ0) is 29.1. The minimum atomic E-state index is -4.90. The summed E-state index contributed by atoms with van der Waals surface area (Å²) in [6, 6.07) is 16.9. The van der Waals surface area contributed by atoms with Crippen molar-refractivity contribution in [1.82, 2.24) is 0 Å². The van der Waals surface area contributed by atoms with Crippen LogP contribution in [0.4, 0.5) is 17.6 Å². The molecule has 214 valence electrons. The van der Waals surface area contributed by atoms with Crippen molar-refractivity contribution in [2.45, 2.75) is 51.3 Å². The smallest absolute Gasteiger partial charge is 0.478 e. The fourth-order valence-electron chi connectivity index (χ4n) is 5.86. The lowest BCUT2D eigenvalue weighted by Gasteiger charge is -2.29. The van der Waals surface area contributed by atoms with Crippen molar-refractivity contribution in [3.8, 4) is 5.75 Å². The summed E-state index contributed by atoms with van der Waals surface area (Å²) in [6.07, 6.45) is 2.20. The molecule has 2 aliphatic carbocycles.